The lowest BCUT2D eigenvalue weighted by Gasteiger charge is -2.04. The van der Waals surface area contributed by atoms with Gasteiger partial charge in [0.25, 0.3) is 0 Å². The fraction of sp³-hybridized carbons (Fsp3) is 0.0556. The predicted octanol–water partition coefficient (Wildman–Crippen LogP) is 4.52. The molecule has 122 valence electrons. The molecular weight excluding hydrogens is 332 g/mol. The van der Waals surface area contributed by atoms with E-state index in [0.29, 0.717) is 5.69 Å². The number of hydrogen-bond acceptors (Lipinski definition) is 4. The summed E-state index contributed by atoms with van der Waals surface area (Å²) in [6.45, 7) is 1.90. The molecule has 0 spiro atoms. The highest BCUT2D eigenvalue weighted by Gasteiger charge is 2.23. The van der Waals surface area contributed by atoms with Gasteiger partial charge in [0.15, 0.2) is 11.6 Å². The predicted molar refractivity (Wildman–Crippen MR) is 90.4 cm³/mol. The van der Waals surface area contributed by atoms with Gasteiger partial charge in [-0.15, -0.1) is 11.3 Å². The maximum atomic E-state index is 13.9. The second kappa shape index (κ2) is 6.05. The Balaban J connectivity index is 2.02. The minimum absolute atomic E-state index is 0.175. The van der Waals surface area contributed by atoms with Gasteiger partial charge < -0.3 is 10.8 Å². The number of phenols is 1. The highest BCUT2D eigenvalue weighted by Crippen LogP contribution is 2.33. The lowest BCUT2D eigenvalue weighted by molar-refractivity contribution is 0.103. The Hall–Kier alpha value is -2.73. The summed E-state index contributed by atoms with van der Waals surface area (Å²) in [4.78, 5) is 13.3. The van der Waals surface area contributed by atoms with Crippen LogP contribution in [-0.2, 0) is 0 Å². The molecule has 1 aromatic heterocycles. The first-order valence-electron chi connectivity index (χ1n) is 7.06. The number of nitrogens with two attached hydrogens (primary N) is 1. The van der Waals surface area contributed by atoms with E-state index in [1.54, 1.807) is 12.1 Å². The monoisotopic (exact) mass is 345 g/mol. The van der Waals surface area contributed by atoms with E-state index in [2.05, 4.69) is 0 Å². The van der Waals surface area contributed by atoms with Crippen molar-refractivity contribution >= 4 is 22.8 Å². The summed E-state index contributed by atoms with van der Waals surface area (Å²) in [6.07, 6.45) is 0. The van der Waals surface area contributed by atoms with Crippen molar-refractivity contribution in [1.82, 2.24) is 0 Å². The second-order valence-electron chi connectivity index (χ2n) is 5.38. The van der Waals surface area contributed by atoms with E-state index in [1.165, 1.54) is 6.07 Å². The number of carbonyl (C=O) groups is 1. The molecule has 3 rings (SSSR count). The Kier molecular flexibility index (Phi) is 4.07. The molecule has 0 aliphatic heterocycles. The van der Waals surface area contributed by atoms with Gasteiger partial charge >= 0.3 is 0 Å². The molecule has 0 saturated carbocycles. The Labute approximate surface area is 141 Å². The molecule has 0 amide bonds. The van der Waals surface area contributed by atoms with Gasteiger partial charge in [-0.2, -0.15) is 0 Å². The van der Waals surface area contributed by atoms with E-state index in [1.807, 2.05) is 19.1 Å². The zero-order chi connectivity index (χ0) is 17.4. The van der Waals surface area contributed by atoms with Crippen LogP contribution in [0, 0.1) is 18.6 Å². The minimum Gasteiger partial charge on any atom is -0.505 e. The molecule has 1 heterocycles. The molecule has 0 aliphatic carbocycles. The number of phenolic OH excluding ortho intramolecular Hbond substituents is 1. The fourth-order valence-corrected chi connectivity index (χ4v) is 3.38. The number of carbonyl (C=O) groups excluding carboxylic acids is 1. The third-order valence-corrected chi connectivity index (χ3v) is 4.64. The first-order valence-corrected chi connectivity index (χ1v) is 7.87. The molecule has 0 fully saturated rings. The van der Waals surface area contributed by atoms with Crippen molar-refractivity contribution in [1.29, 1.82) is 0 Å². The number of halogens is 2. The highest BCUT2D eigenvalue weighted by molar-refractivity contribution is 7.17. The van der Waals surface area contributed by atoms with Crippen molar-refractivity contribution in [2.45, 2.75) is 6.92 Å². The summed E-state index contributed by atoms with van der Waals surface area (Å²) in [6, 6.07) is 10.4. The molecule has 6 heteroatoms. The van der Waals surface area contributed by atoms with Crippen LogP contribution in [0.5, 0.6) is 5.75 Å². The molecule has 3 N–H and O–H groups in total. The van der Waals surface area contributed by atoms with Gasteiger partial charge in [-0.3, -0.25) is 4.79 Å². The van der Waals surface area contributed by atoms with Gasteiger partial charge in [-0.25, -0.2) is 8.78 Å². The van der Waals surface area contributed by atoms with Crippen molar-refractivity contribution < 1.29 is 18.7 Å². The van der Waals surface area contributed by atoms with Crippen LogP contribution in [0.15, 0.2) is 42.5 Å². The topological polar surface area (TPSA) is 63.3 Å². The molecule has 0 atom stereocenters. The zero-order valence-electron chi connectivity index (χ0n) is 12.6. The number of benzene rings is 2. The molecule has 3 nitrogen and oxygen atoms in total. The largest absolute Gasteiger partial charge is 0.505 e. The summed E-state index contributed by atoms with van der Waals surface area (Å²) in [5.74, 6) is -3.83. The number of nitrogen functional groups attached to an aromatic ring is 1. The van der Waals surface area contributed by atoms with Crippen molar-refractivity contribution in [2.24, 2.45) is 0 Å². The van der Waals surface area contributed by atoms with E-state index in [0.717, 1.165) is 39.5 Å². The third kappa shape index (κ3) is 2.88. The molecular formula is C18H13F2NO2S. The summed E-state index contributed by atoms with van der Waals surface area (Å²) in [5, 5.41) is 9.36. The summed E-state index contributed by atoms with van der Waals surface area (Å²) in [5.41, 5.74) is 7.45. The van der Waals surface area contributed by atoms with Gasteiger partial charge in [-0.1, -0.05) is 6.07 Å². The van der Waals surface area contributed by atoms with E-state index in [4.69, 9.17) is 5.73 Å². The fourth-order valence-electron chi connectivity index (χ4n) is 2.44. The Morgan fingerprint density at radius 3 is 2.58 bits per heavy atom. The van der Waals surface area contributed by atoms with Crippen LogP contribution in [0.2, 0.25) is 0 Å². The van der Waals surface area contributed by atoms with Crippen LogP contribution in [0.25, 0.3) is 10.4 Å². The number of aromatic hydroxyl groups is 1. The average molecular weight is 345 g/mol. The van der Waals surface area contributed by atoms with E-state index >= 15 is 0 Å². The second-order valence-corrected chi connectivity index (χ2v) is 6.46. The van der Waals surface area contributed by atoms with Gasteiger partial charge in [-0.05, 0) is 54.4 Å². The van der Waals surface area contributed by atoms with E-state index < -0.39 is 28.7 Å². The van der Waals surface area contributed by atoms with Crippen molar-refractivity contribution in [2.75, 3.05) is 5.73 Å². The van der Waals surface area contributed by atoms with Crippen LogP contribution in [0.3, 0.4) is 0 Å². The maximum absolute atomic E-state index is 13.9. The molecule has 0 unspecified atom stereocenters. The van der Waals surface area contributed by atoms with Crippen molar-refractivity contribution in [3.05, 3.63) is 70.1 Å². The standard InChI is InChI=1S/C18H13F2NO2S/c1-9-6-10(8-11(21)7-9)14-4-5-15(24-14)18(23)16-12(19)2-3-13(22)17(16)20/h2-8,22H,21H2,1H3. The molecule has 24 heavy (non-hydrogen) atoms. The zero-order valence-corrected chi connectivity index (χ0v) is 13.5. The maximum Gasteiger partial charge on any atom is 0.209 e. The third-order valence-electron chi connectivity index (χ3n) is 3.51. The molecule has 0 bridgehead atoms. The molecule has 2 aromatic carbocycles. The SMILES string of the molecule is Cc1cc(N)cc(-c2ccc(C(=O)c3c(F)ccc(O)c3F)s2)c1. The number of aryl methyl sites for hydroxylation is 1. The van der Waals surface area contributed by atoms with Crippen LogP contribution in [0.1, 0.15) is 20.8 Å². The summed E-state index contributed by atoms with van der Waals surface area (Å²) >= 11 is 1.11. The number of rotatable bonds is 3. The Morgan fingerprint density at radius 1 is 1.12 bits per heavy atom. The number of ketones is 1. The van der Waals surface area contributed by atoms with Gasteiger partial charge in [0.1, 0.15) is 5.82 Å². The van der Waals surface area contributed by atoms with Gasteiger partial charge in [0, 0.05) is 10.6 Å². The quantitative estimate of drug-likeness (QED) is 0.542. The number of anilines is 1. The highest BCUT2D eigenvalue weighted by atomic mass is 32.1. The summed E-state index contributed by atoms with van der Waals surface area (Å²) in [7, 11) is 0. The molecule has 0 radical (unpaired) electrons. The lowest BCUT2D eigenvalue weighted by Crippen LogP contribution is -2.05. The normalized spacial score (nSPS) is 10.8. The van der Waals surface area contributed by atoms with Gasteiger partial charge in [0.2, 0.25) is 5.78 Å². The first kappa shape index (κ1) is 16.1. The van der Waals surface area contributed by atoms with E-state index in [-0.39, 0.29) is 4.88 Å². The summed E-state index contributed by atoms with van der Waals surface area (Å²) < 4.78 is 27.7. The molecule has 0 saturated heterocycles. The van der Waals surface area contributed by atoms with Crippen LogP contribution in [-0.4, -0.2) is 10.9 Å². The van der Waals surface area contributed by atoms with E-state index in [9.17, 15) is 18.7 Å². The Morgan fingerprint density at radius 2 is 1.88 bits per heavy atom. The molecule has 3 aromatic rings. The minimum atomic E-state index is -1.25. The Bertz CT molecular complexity index is 930. The van der Waals surface area contributed by atoms with Gasteiger partial charge in [0.05, 0.1) is 10.4 Å². The number of thiophene rings is 1. The van der Waals surface area contributed by atoms with Crippen LogP contribution in [0.4, 0.5) is 14.5 Å². The lowest BCUT2D eigenvalue weighted by atomic mass is 10.1. The van der Waals surface area contributed by atoms with Crippen molar-refractivity contribution in [3.8, 4) is 16.2 Å². The molecule has 0 aliphatic rings. The van der Waals surface area contributed by atoms with Crippen molar-refractivity contribution in [3.63, 3.8) is 0 Å². The first-order chi connectivity index (χ1) is 11.4. The average Bonchev–Trinajstić information content (AvgIpc) is 3.00. The smallest absolute Gasteiger partial charge is 0.209 e. The van der Waals surface area contributed by atoms with Crippen LogP contribution >= 0.6 is 11.3 Å². The van der Waals surface area contributed by atoms with Crippen LogP contribution < -0.4 is 5.73 Å². The number of hydrogen-bond donors (Lipinski definition) is 2.